The minimum absolute atomic E-state index is 0.373. The molecule has 0 bridgehead atoms. The lowest BCUT2D eigenvalue weighted by molar-refractivity contribution is -0.138. The van der Waals surface area contributed by atoms with E-state index in [2.05, 4.69) is 37.6 Å². The first-order valence-electron chi connectivity index (χ1n) is 16.3. The first-order chi connectivity index (χ1) is 23.1. The van der Waals surface area contributed by atoms with Crippen molar-refractivity contribution in [3.63, 3.8) is 0 Å². The first kappa shape index (κ1) is 31.8. The summed E-state index contributed by atoms with van der Waals surface area (Å²) < 4.78 is 5.89. The van der Waals surface area contributed by atoms with Gasteiger partial charge < -0.3 is 20.5 Å². The van der Waals surface area contributed by atoms with E-state index in [0.717, 1.165) is 73.2 Å². The normalized spacial score (nSPS) is 13.1. The Labute approximate surface area is 274 Å². The number of fused-ring (bicyclic) bond motifs is 2. The van der Waals surface area contributed by atoms with Crippen LogP contribution >= 0.6 is 0 Å². The number of carboxylic acids is 1. The Balaban J connectivity index is 1.11. The number of benzene rings is 1. The standard InChI is InChI=1S/C36H40N8O3/c45-36(46)31(42-35-29-12-1-2-13-30(29)41-34(43-35)27-10-7-18-37-25-27)17-22-44(23-24-47-32-14-3-5-19-38-32)21-6-4-11-28-16-15-26-9-8-20-39-33(26)40-28/h1-3,5,7,10,12-16,18-19,25,31H,4,6,8-9,11,17,20-24H2,(H,39,40)(H,45,46)(H,41,42,43)/t31-/m0/s1. The Kier molecular flexibility index (Phi) is 10.8. The molecular formula is C36H40N8O3. The number of pyridine rings is 3. The summed E-state index contributed by atoms with van der Waals surface area (Å²) in [6, 6.07) is 20.4. The summed E-state index contributed by atoms with van der Waals surface area (Å²) >= 11 is 0. The lowest BCUT2D eigenvalue weighted by Gasteiger charge is -2.25. The Morgan fingerprint density at radius 2 is 1.87 bits per heavy atom. The van der Waals surface area contributed by atoms with Crippen LogP contribution in [0.15, 0.2) is 85.3 Å². The fourth-order valence-corrected chi connectivity index (χ4v) is 5.74. The van der Waals surface area contributed by atoms with E-state index in [-0.39, 0.29) is 0 Å². The van der Waals surface area contributed by atoms with Crippen LogP contribution in [-0.4, -0.2) is 79.7 Å². The van der Waals surface area contributed by atoms with Crippen molar-refractivity contribution in [2.45, 2.75) is 44.6 Å². The smallest absolute Gasteiger partial charge is 0.326 e. The molecule has 0 spiro atoms. The van der Waals surface area contributed by atoms with Gasteiger partial charge in [-0.25, -0.2) is 24.7 Å². The Hall–Kier alpha value is -5.16. The van der Waals surface area contributed by atoms with Gasteiger partial charge in [-0.2, -0.15) is 0 Å². The number of anilines is 2. The number of ether oxygens (including phenoxy) is 1. The number of rotatable bonds is 16. The third kappa shape index (κ3) is 8.76. The van der Waals surface area contributed by atoms with Crippen LogP contribution in [0.3, 0.4) is 0 Å². The van der Waals surface area contributed by atoms with E-state index in [1.807, 2.05) is 54.6 Å². The van der Waals surface area contributed by atoms with Crippen molar-refractivity contribution in [3.05, 3.63) is 96.6 Å². The van der Waals surface area contributed by atoms with E-state index >= 15 is 0 Å². The van der Waals surface area contributed by atoms with Gasteiger partial charge in [0.25, 0.3) is 0 Å². The van der Waals surface area contributed by atoms with E-state index < -0.39 is 12.0 Å². The molecule has 0 fully saturated rings. The monoisotopic (exact) mass is 632 g/mol. The fraction of sp³-hybridized carbons (Fsp3) is 0.333. The second-order valence-electron chi connectivity index (χ2n) is 11.6. The summed E-state index contributed by atoms with van der Waals surface area (Å²) in [5.74, 6) is 1.63. The van der Waals surface area contributed by atoms with Crippen molar-refractivity contribution in [1.29, 1.82) is 0 Å². The zero-order valence-electron chi connectivity index (χ0n) is 26.4. The summed E-state index contributed by atoms with van der Waals surface area (Å²) in [5, 5.41) is 17.7. The zero-order valence-corrected chi connectivity index (χ0v) is 26.4. The molecule has 3 N–H and O–H groups in total. The highest BCUT2D eigenvalue weighted by molar-refractivity contribution is 5.92. The molecule has 11 nitrogen and oxygen atoms in total. The van der Waals surface area contributed by atoms with Crippen LogP contribution < -0.4 is 15.4 Å². The van der Waals surface area contributed by atoms with Gasteiger partial charge in [-0.15, -0.1) is 0 Å². The molecule has 0 radical (unpaired) electrons. The Bertz CT molecular complexity index is 1760. The molecule has 1 aromatic carbocycles. The van der Waals surface area contributed by atoms with Gasteiger partial charge in [0.1, 0.15) is 24.3 Å². The number of para-hydroxylation sites is 1. The van der Waals surface area contributed by atoms with Crippen molar-refractivity contribution < 1.29 is 14.6 Å². The molecule has 242 valence electrons. The summed E-state index contributed by atoms with van der Waals surface area (Å²) in [6.45, 7) is 3.44. The van der Waals surface area contributed by atoms with E-state index in [1.54, 1.807) is 18.6 Å². The van der Waals surface area contributed by atoms with E-state index in [0.29, 0.717) is 43.6 Å². The van der Waals surface area contributed by atoms with Crippen LogP contribution in [0.5, 0.6) is 5.88 Å². The van der Waals surface area contributed by atoms with E-state index in [1.165, 1.54) is 5.56 Å². The molecule has 5 heterocycles. The summed E-state index contributed by atoms with van der Waals surface area (Å²) in [4.78, 5) is 37.6. The minimum Gasteiger partial charge on any atom is -0.480 e. The number of nitrogens with one attached hydrogen (secondary N) is 2. The third-order valence-corrected chi connectivity index (χ3v) is 8.27. The van der Waals surface area contributed by atoms with Gasteiger partial charge in [0, 0.05) is 60.9 Å². The number of aliphatic carboxylic acids is 1. The first-order valence-corrected chi connectivity index (χ1v) is 16.3. The third-order valence-electron chi connectivity index (χ3n) is 8.27. The average Bonchev–Trinajstić information content (AvgIpc) is 3.12. The molecule has 1 aliphatic heterocycles. The maximum atomic E-state index is 12.5. The molecular weight excluding hydrogens is 592 g/mol. The van der Waals surface area contributed by atoms with Crippen LogP contribution in [0.4, 0.5) is 11.6 Å². The molecule has 0 aliphatic carbocycles. The molecule has 5 aromatic rings. The number of carbonyl (C=O) groups is 1. The number of hydrogen-bond acceptors (Lipinski definition) is 10. The molecule has 1 aliphatic rings. The van der Waals surface area contributed by atoms with Gasteiger partial charge >= 0.3 is 5.97 Å². The SMILES string of the molecule is O=C(O)[C@H](CCN(CCCCc1ccc2c(n1)NCCC2)CCOc1ccccn1)Nc1nc(-c2cccnc2)nc2ccccc12. The number of hydrogen-bond donors (Lipinski definition) is 3. The zero-order chi connectivity index (χ0) is 32.3. The van der Waals surface area contributed by atoms with Crippen LogP contribution in [0.25, 0.3) is 22.3 Å². The highest BCUT2D eigenvalue weighted by Crippen LogP contribution is 2.26. The number of nitrogens with zero attached hydrogens (tertiary/aromatic N) is 6. The number of unbranched alkanes of at least 4 members (excludes halogenated alkanes) is 1. The topological polar surface area (TPSA) is 138 Å². The van der Waals surface area contributed by atoms with Crippen LogP contribution in [-0.2, 0) is 17.6 Å². The largest absolute Gasteiger partial charge is 0.480 e. The van der Waals surface area contributed by atoms with Crippen LogP contribution in [0.2, 0.25) is 0 Å². The maximum absolute atomic E-state index is 12.5. The molecule has 0 amide bonds. The lowest BCUT2D eigenvalue weighted by Crippen LogP contribution is -2.37. The quantitative estimate of drug-likeness (QED) is 0.119. The van der Waals surface area contributed by atoms with Crippen LogP contribution in [0.1, 0.15) is 36.9 Å². The van der Waals surface area contributed by atoms with E-state index in [9.17, 15) is 9.90 Å². The average molecular weight is 633 g/mol. The molecule has 6 rings (SSSR count). The molecule has 47 heavy (non-hydrogen) atoms. The molecule has 4 aromatic heterocycles. The highest BCUT2D eigenvalue weighted by Gasteiger charge is 2.21. The minimum atomic E-state index is -0.938. The number of aromatic nitrogens is 5. The highest BCUT2D eigenvalue weighted by atomic mass is 16.5. The molecule has 1 atom stereocenters. The molecule has 0 saturated carbocycles. The van der Waals surface area contributed by atoms with Crippen molar-refractivity contribution in [1.82, 2.24) is 29.8 Å². The number of aryl methyl sites for hydroxylation is 2. The van der Waals surface area contributed by atoms with E-state index in [4.69, 9.17) is 19.7 Å². The van der Waals surface area contributed by atoms with Gasteiger partial charge in [0.15, 0.2) is 5.82 Å². The second kappa shape index (κ2) is 15.9. The summed E-state index contributed by atoms with van der Waals surface area (Å²) in [6.07, 6.45) is 10.5. The fourth-order valence-electron chi connectivity index (χ4n) is 5.74. The van der Waals surface area contributed by atoms with Gasteiger partial charge in [-0.1, -0.05) is 24.3 Å². The van der Waals surface area contributed by atoms with Gasteiger partial charge in [-0.3, -0.25) is 9.88 Å². The van der Waals surface area contributed by atoms with Crippen molar-refractivity contribution in [3.8, 4) is 17.3 Å². The van der Waals surface area contributed by atoms with Gasteiger partial charge in [0.05, 0.1) is 5.52 Å². The molecule has 11 heteroatoms. The van der Waals surface area contributed by atoms with Crippen LogP contribution in [0, 0.1) is 0 Å². The van der Waals surface area contributed by atoms with Gasteiger partial charge in [0.2, 0.25) is 5.88 Å². The Morgan fingerprint density at radius 3 is 2.72 bits per heavy atom. The predicted molar refractivity (Wildman–Crippen MR) is 183 cm³/mol. The molecule has 0 unspecified atom stereocenters. The maximum Gasteiger partial charge on any atom is 0.326 e. The molecule has 0 saturated heterocycles. The second-order valence-corrected chi connectivity index (χ2v) is 11.6. The van der Waals surface area contributed by atoms with Crippen molar-refractivity contribution in [2.24, 2.45) is 0 Å². The predicted octanol–water partition coefficient (Wildman–Crippen LogP) is 5.50. The lowest BCUT2D eigenvalue weighted by atomic mass is 10.1. The summed E-state index contributed by atoms with van der Waals surface area (Å²) in [7, 11) is 0. The van der Waals surface area contributed by atoms with Crippen molar-refractivity contribution >= 4 is 28.5 Å². The van der Waals surface area contributed by atoms with Gasteiger partial charge in [-0.05, 0) is 87.0 Å². The van der Waals surface area contributed by atoms with Crippen molar-refractivity contribution in [2.75, 3.05) is 43.4 Å². The summed E-state index contributed by atoms with van der Waals surface area (Å²) in [5.41, 5.74) is 3.88. The number of carboxylic acid groups (broad SMARTS) is 1. The Morgan fingerprint density at radius 1 is 0.957 bits per heavy atom.